The Kier molecular flexibility index (Phi) is 1.85. The first-order valence-corrected chi connectivity index (χ1v) is 4.03. The van der Waals surface area contributed by atoms with Crippen LogP contribution in [-0.4, -0.2) is 46.3 Å². The van der Waals surface area contributed by atoms with Crippen molar-refractivity contribution >= 4 is 5.97 Å². The molecule has 2 aliphatic rings. The van der Waals surface area contributed by atoms with E-state index in [1.54, 1.807) is 0 Å². The highest BCUT2D eigenvalue weighted by molar-refractivity contribution is 5.76. The first kappa shape index (κ1) is 10.6. The quantitative estimate of drug-likeness (QED) is 0.521. The monoisotopic (exact) mass is 230 g/mol. The molecular formula is C7H6F4O4. The van der Waals surface area contributed by atoms with Gasteiger partial charge in [-0.15, -0.1) is 0 Å². The number of hydrogen-bond acceptors (Lipinski definition) is 3. The van der Waals surface area contributed by atoms with Crippen molar-refractivity contribution in [1.82, 2.24) is 0 Å². The van der Waals surface area contributed by atoms with E-state index in [4.69, 9.17) is 10.2 Å². The summed E-state index contributed by atoms with van der Waals surface area (Å²) in [6.45, 7) is 0. The van der Waals surface area contributed by atoms with E-state index in [0.29, 0.717) is 0 Å². The molecule has 1 aliphatic heterocycles. The maximum absolute atomic E-state index is 12.9. The molecular weight excluding hydrogens is 224 g/mol. The number of fused-ring (bicyclic) bond motifs is 1. The summed E-state index contributed by atoms with van der Waals surface area (Å²) in [6.07, 6.45) is -6.06. The third kappa shape index (κ3) is 1.18. The number of epoxide rings is 1. The Hall–Kier alpha value is -0.890. The fourth-order valence-corrected chi connectivity index (χ4v) is 1.84. The minimum atomic E-state index is -4.42. The minimum Gasteiger partial charge on any atom is -0.477 e. The lowest BCUT2D eigenvalue weighted by Crippen LogP contribution is -2.49. The Labute approximate surface area is 80.4 Å². The van der Waals surface area contributed by atoms with Crippen LogP contribution in [0.3, 0.4) is 0 Å². The summed E-state index contributed by atoms with van der Waals surface area (Å²) in [4.78, 5) is 10.2. The molecule has 2 unspecified atom stereocenters. The smallest absolute Gasteiger partial charge is 0.375 e. The van der Waals surface area contributed by atoms with Gasteiger partial charge in [-0.3, -0.25) is 0 Å². The predicted octanol–water partition coefficient (Wildman–Crippen LogP) is 0.0997. The Balaban J connectivity index is 2.30. The van der Waals surface area contributed by atoms with Gasteiger partial charge in [0.2, 0.25) is 0 Å². The van der Waals surface area contributed by atoms with E-state index in [9.17, 15) is 22.4 Å². The Bertz CT molecular complexity index is 318. The van der Waals surface area contributed by atoms with Crippen molar-refractivity contribution in [3.05, 3.63) is 0 Å². The molecule has 0 spiro atoms. The topological polar surface area (TPSA) is 70.1 Å². The third-order valence-electron chi connectivity index (χ3n) is 2.70. The highest BCUT2D eigenvalue weighted by Gasteiger charge is 2.79. The molecule has 1 saturated carbocycles. The van der Waals surface area contributed by atoms with Gasteiger partial charge in [0.1, 0.15) is 12.2 Å². The molecule has 0 amide bonds. The summed E-state index contributed by atoms with van der Waals surface area (Å²) < 4.78 is 56.0. The van der Waals surface area contributed by atoms with Gasteiger partial charge in [-0.05, 0) is 0 Å². The summed E-state index contributed by atoms with van der Waals surface area (Å²) in [6, 6.07) is 0. The number of carboxylic acids is 1. The number of alkyl halides is 4. The van der Waals surface area contributed by atoms with Gasteiger partial charge >= 0.3 is 17.8 Å². The molecule has 1 heterocycles. The van der Waals surface area contributed by atoms with Gasteiger partial charge in [0.25, 0.3) is 0 Å². The lowest BCUT2D eigenvalue weighted by molar-refractivity contribution is -0.204. The number of ether oxygens (including phenoxy) is 1. The zero-order valence-electron chi connectivity index (χ0n) is 7.03. The summed E-state index contributed by atoms with van der Waals surface area (Å²) in [5, 5.41) is 17.1. The normalized spacial score (nSPS) is 42.5. The van der Waals surface area contributed by atoms with Gasteiger partial charge in [-0.25, -0.2) is 13.6 Å². The Morgan fingerprint density at radius 3 is 2.27 bits per heavy atom. The SMILES string of the molecule is O=C(O)C(F)(F)C1C(O)C(F)(F)[C@H]2O[C@@H]12. The molecule has 1 aliphatic carbocycles. The van der Waals surface area contributed by atoms with Crippen LogP contribution in [0.5, 0.6) is 0 Å². The van der Waals surface area contributed by atoms with Crippen LogP contribution < -0.4 is 0 Å². The number of aliphatic hydroxyl groups is 1. The van der Waals surface area contributed by atoms with Gasteiger partial charge in [-0.2, -0.15) is 8.78 Å². The van der Waals surface area contributed by atoms with Crippen LogP contribution in [-0.2, 0) is 9.53 Å². The lowest BCUT2D eigenvalue weighted by Gasteiger charge is -2.26. The number of carbonyl (C=O) groups is 1. The van der Waals surface area contributed by atoms with Gasteiger partial charge in [0.15, 0.2) is 6.10 Å². The van der Waals surface area contributed by atoms with Crippen molar-refractivity contribution in [2.45, 2.75) is 30.2 Å². The molecule has 8 heteroatoms. The van der Waals surface area contributed by atoms with Crippen LogP contribution in [0.1, 0.15) is 0 Å². The molecule has 0 aromatic heterocycles. The van der Waals surface area contributed by atoms with Gasteiger partial charge in [-0.1, -0.05) is 0 Å². The number of carboxylic acid groups (broad SMARTS) is 1. The van der Waals surface area contributed by atoms with E-state index in [-0.39, 0.29) is 0 Å². The fraction of sp³-hybridized carbons (Fsp3) is 0.857. The van der Waals surface area contributed by atoms with E-state index >= 15 is 0 Å². The molecule has 86 valence electrons. The molecule has 0 radical (unpaired) electrons. The first-order valence-electron chi connectivity index (χ1n) is 4.03. The van der Waals surface area contributed by atoms with Crippen molar-refractivity contribution in [1.29, 1.82) is 0 Å². The largest absolute Gasteiger partial charge is 0.477 e. The van der Waals surface area contributed by atoms with E-state index in [0.717, 1.165) is 0 Å². The number of aliphatic carboxylic acids is 1. The molecule has 4 atom stereocenters. The first-order chi connectivity index (χ1) is 6.70. The molecule has 2 N–H and O–H groups in total. The standard InChI is InChI=1S/C7H6F4O4/c8-6(9,5(13)14)1-2-4(15-2)7(10,11)3(1)12/h1-4,12H,(H,13,14)/t1?,2-,3?,4-/m0/s1. The van der Waals surface area contributed by atoms with Crippen LogP contribution in [0.15, 0.2) is 0 Å². The summed E-state index contributed by atoms with van der Waals surface area (Å²) >= 11 is 0. The second-order valence-corrected chi connectivity index (χ2v) is 3.59. The summed E-state index contributed by atoms with van der Waals surface area (Å²) in [5.41, 5.74) is 0. The Morgan fingerprint density at radius 1 is 1.40 bits per heavy atom. The van der Waals surface area contributed by atoms with Crippen molar-refractivity contribution in [2.75, 3.05) is 0 Å². The highest BCUT2D eigenvalue weighted by Crippen LogP contribution is 2.56. The zero-order valence-corrected chi connectivity index (χ0v) is 7.03. The summed E-state index contributed by atoms with van der Waals surface area (Å²) in [7, 11) is 0. The highest BCUT2D eigenvalue weighted by atomic mass is 19.3. The Morgan fingerprint density at radius 2 is 1.93 bits per heavy atom. The second kappa shape index (κ2) is 2.62. The fourth-order valence-electron chi connectivity index (χ4n) is 1.84. The molecule has 1 saturated heterocycles. The summed E-state index contributed by atoms with van der Waals surface area (Å²) in [5.74, 6) is -13.2. The average molecular weight is 230 g/mol. The van der Waals surface area contributed by atoms with E-state index in [1.807, 2.05) is 0 Å². The molecule has 0 aromatic carbocycles. The van der Waals surface area contributed by atoms with Gasteiger partial charge < -0.3 is 14.9 Å². The average Bonchev–Trinajstić information content (AvgIpc) is 2.79. The van der Waals surface area contributed by atoms with Crippen LogP contribution in [0.2, 0.25) is 0 Å². The van der Waals surface area contributed by atoms with Crippen molar-refractivity contribution in [2.24, 2.45) is 5.92 Å². The maximum Gasteiger partial charge on any atom is 0.375 e. The molecule has 2 fully saturated rings. The van der Waals surface area contributed by atoms with Crippen LogP contribution >= 0.6 is 0 Å². The predicted molar refractivity (Wildman–Crippen MR) is 35.7 cm³/mol. The number of rotatable bonds is 2. The molecule has 2 rings (SSSR count). The van der Waals surface area contributed by atoms with Crippen LogP contribution in [0.25, 0.3) is 0 Å². The number of halogens is 4. The van der Waals surface area contributed by atoms with Crippen molar-refractivity contribution in [3.8, 4) is 0 Å². The van der Waals surface area contributed by atoms with Crippen molar-refractivity contribution in [3.63, 3.8) is 0 Å². The molecule has 4 nitrogen and oxygen atoms in total. The maximum atomic E-state index is 12.9. The second-order valence-electron chi connectivity index (χ2n) is 3.59. The third-order valence-corrected chi connectivity index (χ3v) is 2.70. The van der Waals surface area contributed by atoms with Crippen molar-refractivity contribution < 1.29 is 37.3 Å². The van der Waals surface area contributed by atoms with Crippen LogP contribution in [0.4, 0.5) is 17.6 Å². The lowest BCUT2D eigenvalue weighted by atomic mass is 9.96. The molecule has 0 bridgehead atoms. The van der Waals surface area contributed by atoms with E-state index in [1.165, 1.54) is 0 Å². The van der Waals surface area contributed by atoms with Gasteiger partial charge in [0.05, 0.1) is 5.92 Å². The molecule has 15 heavy (non-hydrogen) atoms. The number of hydrogen-bond donors (Lipinski definition) is 2. The molecule has 0 aromatic rings. The minimum absolute atomic E-state index is 1.58. The van der Waals surface area contributed by atoms with Gasteiger partial charge in [0, 0.05) is 0 Å². The van der Waals surface area contributed by atoms with E-state index < -0.39 is 42.0 Å². The zero-order chi connectivity index (χ0) is 11.6. The number of aliphatic hydroxyl groups excluding tert-OH is 1. The van der Waals surface area contributed by atoms with Crippen LogP contribution in [0, 0.1) is 5.92 Å². The van der Waals surface area contributed by atoms with E-state index in [2.05, 4.69) is 4.74 Å².